The molecule has 1 aliphatic heterocycles. The van der Waals surface area contributed by atoms with Gasteiger partial charge in [-0.15, -0.1) is 10.2 Å². The first-order valence-corrected chi connectivity index (χ1v) is 6.51. The summed E-state index contributed by atoms with van der Waals surface area (Å²) in [6.07, 6.45) is -3.88. The van der Waals surface area contributed by atoms with Crippen molar-refractivity contribution < 1.29 is 18.0 Å². The van der Waals surface area contributed by atoms with Crippen LogP contribution in [0.25, 0.3) is 0 Å². The SMILES string of the molecule is CC#CC(=O)N(C)Cc1nnc2n1CCCC2C(F)(F)F. The summed E-state index contributed by atoms with van der Waals surface area (Å²) in [5, 5.41) is 7.50. The van der Waals surface area contributed by atoms with Gasteiger partial charge in [-0.05, 0) is 25.7 Å². The Morgan fingerprint density at radius 1 is 1.48 bits per heavy atom. The molecule has 2 rings (SSSR count). The molecule has 0 spiro atoms. The number of carbonyl (C=O) groups excluding carboxylic acids is 1. The molecule has 0 aliphatic carbocycles. The highest BCUT2D eigenvalue weighted by Gasteiger charge is 2.45. The van der Waals surface area contributed by atoms with Crippen LogP contribution in [0.15, 0.2) is 0 Å². The van der Waals surface area contributed by atoms with E-state index in [1.165, 1.54) is 16.5 Å². The summed E-state index contributed by atoms with van der Waals surface area (Å²) >= 11 is 0. The molecule has 1 aliphatic rings. The zero-order chi connectivity index (χ0) is 15.6. The van der Waals surface area contributed by atoms with Crippen molar-refractivity contribution in [2.75, 3.05) is 7.05 Å². The highest BCUT2D eigenvalue weighted by molar-refractivity contribution is 5.93. The minimum Gasteiger partial charge on any atom is -0.327 e. The van der Waals surface area contributed by atoms with Gasteiger partial charge < -0.3 is 9.47 Å². The average molecular weight is 300 g/mol. The second-order valence-corrected chi connectivity index (χ2v) is 4.90. The van der Waals surface area contributed by atoms with Crippen LogP contribution in [0.4, 0.5) is 13.2 Å². The summed E-state index contributed by atoms with van der Waals surface area (Å²) in [7, 11) is 1.53. The van der Waals surface area contributed by atoms with Crippen LogP contribution in [-0.2, 0) is 17.9 Å². The van der Waals surface area contributed by atoms with Crippen LogP contribution in [0.3, 0.4) is 0 Å². The molecule has 0 fully saturated rings. The molecule has 21 heavy (non-hydrogen) atoms. The van der Waals surface area contributed by atoms with Crippen molar-refractivity contribution >= 4 is 5.91 Å². The van der Waals surface area contributed by atoms with Crippen molar-refractivity contribution in [2.24, 2.45) is 0 Å². The van der Waals surface area contributed by atoms with Gasteiger partial charge >= 0.3 is 6.18 Å². The molecule has 0 saturated heterocycles. The largest absolute Gasteiger partial charge is 0.398 e. The highest BCUT2D eigenvalue weighted by Crippen LogP contribution is 2.40. The average Bonchev–Trinajstić information content (AvgIpc) is 2.81. The molecule has 0 bridgehead atoms. The lowest BCUT2D eigenvalue weighted by atomic mass is 9.98. The van der Waals surface area contributed by atoms with E-state index in [2.05, 4.69) is 22.0 Å². The zero-order valence-corrected chi connectivity index (χ0v) is 11.7. The van der Waals surface area contributed by atoms with Crippen molar-refractivity contribution in [3.8, 4) is 11.8 Å². The van der Waals surface area contributed by atoms with Gasteiger partial charge in [0, 0.05) is 13.6 Å². The molecule has 8 heteroatoms. The molecule has 0 N–H and O–H groups in total. The van der Waals surface area contributed by atoms with Gasteiger partial charge in [0.25, 0.3) is 5.91 Å². The smallest absolute Gasteiger partial charge is 0.327 e. The maximum absolute atomic E-state index is 13.0. The van der Waals surface area contributed by atoms with Gasteiger partial charge in [0.1, 0.15) is 11.7 Å². The van der Waals surface area contributed by atoms with Crippen molar-refractivity contribution in [1.29, 1.82) is 0 Å². The molecule has 0 saturated carbocycles. The standard InChI is InChI=1S/C13H15F3N4O/c1-3-5-11(21)19(2)8-10-17-18-12-9(13(14,15)16)6-4-7-20(10)12/h9H,4,6-8H2,1-2H3. The second-order valence-electron chi connectivity index (χ2n) is 4.90. The second kappa shape index (κ2) is 5.76. The van der Waals surface area contributed by atoms with Gasteiger partial charge in [-0.1, -0.05) is 5.92 Å². The van der Waals surface area contributed by atoms with E-state index in [1.807, 2.05) is 0 Å². The molecule has 0 radical (unpaired) electrons. The van der Waals surface area contributed by atoms with Crippen LogP contribution < -0.4 is 0 Å². The van der Waals surface area contributed by atoms with E-state index in [9.17, 15) is 18.0 Å². The number of carbonyl (C=O) groups is 1. The van der Waals surface area contributed by atoms with E-state index in [0.717, 1.165) is 0 Å². The van der Waals surface area contributed by atoms with E-state index < -0.39 is 18.0 Å². The third kappa shape index (κ3) is 3.17. The van der Waals surface area contributed by atoms with Gasteiger partial charge in [0.05, 0.1) is 6.54 Å². The molecule has 114 valence electrons. The van der Waals surface area contributed by atoms with E-state index >= 15 is 0 Å². The van der Waals surface area contributed by atoms with Crippen LogP contribution in [0.5, 0.6) is 0 Å². The first-order valence-electron chi connectivity index (χ1n) is 6.51. The fourth-order valence-corrected chi connectivity index (χ4v) is 2.35. The van der Waals surface area contributed by atoms with Gasteiger partial charge in [-0.3, -0.25) is 4.79 Å². The lowest BCUT2D eigenvalue weighted by Crippen LogP contribution is -2.30. The Hall–Kier alpha value is -2.04. The zero-order valence-electron chi connectivity index (χ0n) is 11.7. The number of hydrogen-bond donors (Lipinski definition) is 0. The number of fused-ring (bicyclic) bond motifs is 1. The number of halogens is 3. The van der Waals surface area contributed by atoms with Crippen LogP contribution in [0.1, 0.15) is 37.3 Å². The number of rotatable bonds is 2. The summed E-state index contributed by atoms with van der Waals surface area (Å²) < 4.78 is 40.3. The molecule has 1 aromatic heterocycles. The van der Waals surface area contributed by atoms with Crippen LogP contribution in [0, 0.1) is 11.8 Å². The summed E-state index contributed by atoms with van der Waals surface area (Å²) in [6.45, 7) is 2.06. The Balaban J connectivity index is 2.23. The molecule has 1 amide bonds. The molecule has 1 atom stereocenters. The van der Waals surface area contributed by atoms with Crippen LogP contribution >= 0.6 is 0 Å². The summed E-state index contributed by atoms with van der Waals surface area (Å²) in [4.78, 5) is 12.9. The van der Waals surface area contributed by atoms with Crippen LogP contribution in [-0.4, -0.2) is 38.8 Å². The Labute approximate surface area is 120 Å². The maximum atomic E-state index is 13.0. The molecule has 1 unspecified atom stereocenters. The number of aromatic nitrogens is 3. The predicted octanol–water partition coefficient (Wildman–Crippen LogP) is 1.70. The molecule has 5 nitrogen and oxygen atoms in total. The molecular weight excluding hydrogens is 285 g/mol. The monoisotopic (exact) mass is 300 g/mol. The van der Waals surface area contributed by atoms with Gasteiger partial charge in [0.15, 0.2) is 5.82 Å². The van der Waals surface area contributed by atoms with Crippen molar-refractivity contribution in [3.05, 3.63) is 11.6 Å². The van der Waals surface area contributed by atoms with E-state index in [-0.39, 0.29) is 18.8 Å². The molecular formula is C13H15F3N4O. The predicted molar refractivity (Wildman–Crippen MR) is 68.0 cm³/mol. The third-order valence-electron chi connectivity index (χ3n) is 3.39. The molecule has 2 heterocycles. The fourth-order valence-electron chi connectivity index (χ4n) is 2.35. The highest BCUT2D eigenvalue weighted by atomic mass is 19.4. The Bertz CT molecular complexity index is 597. The van der Waals surface area contributed by atoms with E-state index in [4.69, 9.17) is 0 Å². The van der Waals surface area contributed by atoms with E-state index in [1.54, 1.807) is 6.92 Å². The summed E-state index contributed by atoms with van der Waals surface area (Å²) in [6, 6.07) is 0. The fraction of sp³-hybridized carbons (Fsp3) is 0.615. The first-order chi connectivity index (χ1) is 9.84. The van der Waals surface area contributed by atoms with Crippen molar-refractivity contribution in [2.45, 2.75) is 44.9 Å². The summed E-state index contributed by atoms with van der Waals surface area (Å²) in [5.74, 6) is 3.16. The van der Waals surface area contributed by atoms with Gasteiger partial charge in [-0.25, -0.2) is 0 Å². The lowest BCUT2D eigenvalue weighted by Gasteiger charge is -2.25. The Morgan fingerprint density at radius 2 is 2.19 bits per heavy atom. The Kier molecular flexibility index (Phi) is 4.21. The van der Waals surface area contributed by atoms with Gasteiger partial charge in [0.2, 0.25) is 0 Å². The topological polar surface area (TPSA) is 51.0 Å². The molecule has 0 aromatic carbocycles. The van der Waals surface area contributed by atoms with Gasteiger partial charge in [-0.2, -0.15) is 13.2 Å². The van der Waals surface area contributed by atoms with Crippen LogP contribution in [0.2, 0.25) is 0 Å². The number of nitrogens with zero attached hydrogens (tertiary/aromatic N) is 4. The Morgan fingerprint density at radius 3 is 2.81 bits per heavy atom. The summed E-state index contributed by atoms with van der Waals surface area (Å²) in [5.41, 5.74) is 0. The third-order valence-corrected chi connectivity index (χ3v) is 3.39. The van der Waals surface area contributed by atoms with Crippen molar-refractivity contribution in [3.63, 3.8) is 0 Å². The molecule has 1 aromatic rings. The van der Waals surface area contributed by atoms with Crippen molar-refractivity contribution in [1.82, 2.24) is 19.7 Å². The lowest BCUT2D eigenvalue weighted by molar-refractivity contribution is -0.156. The number of hydrogen-bond acceptors (Lipinski definition) is 3. The maximum Gasteiger partial charge on any atom is 0.398 e. The first kappa shape index (κ1) is 15.4. The number of alkyl halides is 3. The minimum atomic E-state index is -4.32. The quantitative estimate of drug-likeness (QED) is 0.781. The van der Waals surface area contributed by atoms with E-state index in [0.29, 0.717) is 18.8 Å². The minimum absolute atomic E-state index is 0.0255. The number of amides is 1. The normalized spacial score (nSPS) is 17.7.